The maximum atomic E-state index is 12.1. The van der Waals surface area contributed by atoms with Gasteiger partial charge < -0.3 is 10.6 Å². The highest BCUT2D eigenvalue weighted by Crippen LogP contribution is 2.40. The Bertz CT molecular complexity index is 428. The first-order valence-corrected chi connectivity index (χ1v) is 7.77. The average molecular weight is 274 g/mol. The highest BCUT2D eigenvalue weighted by molar-refractivity contribution is 5.81. The van der Waals surface area contributed by atoms with Gasteiger partial charge in [-0.25, -0.2) is 0 Å². The molecular formula is C17H26N2O. The Morgan fingerprint density at radius 1 is 1.25 bits per heavy atom. The van der Waals surface area contributed by atoms with Gasteiger partial charge in [-0.3, -0.25) is 4.79 Å². The molecule has 1 amide bonds. The summed E-state index contributed by atoms with van der Waals surface area (Å²) in [4.78, 5) is 12.1. The third kappa shape index (κ3) is 3.83. The maximum Gasteiger partial charge on any atom is 0.237 e. The minimum atomic E-state index is -0.116. The largest absolute Gasteiger partial charge is 0.352 e. The molecule has 1 aliphatic carbocycles. The fraction of sp³-hybridized carbons (Fsp3) is 0.588. The lowest BCUT2D eigenvalue weighted by Gasteiger charge is -2.19. The van der Waals surface area contributed by atoms with Crippen LogP contribution in [-0.2, 0) is 4.79 Å². The van der Waals surface area contributed by atoms with Gasteiger partial charge in [-0.1, -0.05) is 44.2 Å². The van der Waals surface area contributed by atoms with Gasteiger partial charge in [-0.2, -0.15) is 0 Å². The minimum absolute atomic E-state index is 0.116. The zero-order valence-corrected chi connectivity index (χ0v) is 12.7. The van der Waals surface area contributed by atoms with Crippen LogP contribution in [0.4, 0.5) is 0 Å². The van der Waals surface area contributed by atoms with E-state index in [0.717, 1.165) is 19.3 Å². The Morgan fingerprint density at radius 2 is 1.90 bits per heavy atom. The third-order valence-corrected chi connectivity index (χ3v) is 4.21. The van der Waals surface area contributed by atoms with Crippen LogP contribution in [0.15, 0.2) is 30.3 Å². The van der Waals surface area contributed by atoms with Crippen molar-refractivity contribution in [1.29, 1.82) is 0 Å². The molecule has 0 saturated heterocycles. The Labute approximate surface area is 122 Å². The van der Waals surface area contributed by atoms with E-state index in [0.29, 0.717) is 18.0 Å². The monoisotopic (exact) mass is 274 g/mol. The van der Waals surface area contributed by atoms with Crippen molar-refractivity contribution in [3.8, 4) is 0 Å². The van der Waals surface area contributed by atoms with E-state index in [1.54, 1.807) is 0 Å². The molecular weight excluding hydrogens is 248 g/mol. The van der Waals surface area contributed by atoms with Crippen molar-refractivity contribution in [1.82, 2.24) is 10.6 Å². The van der Waals surface area contributed by atoms with E-state index in [1.807, 2.05) is 13.0 Å². The van der Waals surface area contributed by atoms with Crippen LogP contribution in [0.2, 0.25) is 0 Å². The summed E-state index contributed by atoms with van der Waals surface area (Å²) in [6, 6.07) is 11.2. The summed E-state index contributed by atoms with van der Waals surface area (Å²) >= 11 is 0. The zero-order chi connectivity index (χ0) is 14.5. The lowest BCUT2D eigenvalue weighted by atomic mass is 10.1. The summed E-state index contributed by atoms with van der Waals surface area (Å²) in [5.74, 6) is 0.692. The Balaban J connectivity index is 1.79. The Kier molecular flexibility index (Phi) is 5.18. The van der Waals surface area contributed by atoms with Crippen LogP contribution in [0.25, 0.3) is 0 Å². The third-order valence-electron chi connectivity index (χ3n) is 4.21. The molecule has 3 unspecified atom stereocenters. The molecule has 20 heavy (non-hydrogen) atoms. The molecule has 0 heterocycles. The molecule has 0 radical (unpaired) electrons. The SMILES string of the molecule is CCC(CC)NC(=O)C(C)NC1CC1c1ccccc1. The smallest absolute Gasteiger partial charge is 0.237 e. The van der Waals surface area contributed by atoms with E-state index < -0.39 is 0 Å². The molecule has 3 nitrogen and oxygen atoms in total. The molecule has 1 fully saturated rings. The molecule has 1 saturated carbocycles. The Hall–Kier alpha value is -1.35. The summed E-state index contributed by atoms with van der Waals surface area (Å²) in [5.41, 5.74) is 1.37. The summed E-state index contributed by atoms with van der Waals surface area (Å²) < 4.78 is 0. The molecule has 1 aromatic rings. The van der Waals surface area contributed by atoms with E-state index in [4.69, 9.17) is 0 Å². The van der Waals surface area contributed by atoms with Crippen molar-refractivity contribution in [3.05, 3.63) is 35.9 Å². The quantitative estimate of drug-likeness (QED) is 0.803. The van der Waals surface area contributed by atoms with Crippen molar-refractivity contribution in [3.63, 3.8) is 0 Å². The number of benzene rings is 1. The summed E-state index contributed by atoms with van der Waals surface area (Å²) in [5, 5.41) is 6.55. The van der Waals surface area contributed by atoms with E-state index in [2.05, 4.69) is 48.7 Å². The maximum absolute atomic E-state index is 12.1. The number of carbonyl (C=O) groups excluding carboxylic acids is 1. The average Bonchev–Trinajstić information content (AvgIpc) is 3.24. The van der Waals surface area contributed by atoms with Gasteiger partial charge in [-0.15, -0.1) is 0 Å². The topological polar surface area (TPSA) is 41.1 Å². The molecule has 0 aliphatic heterocycles. The number of nitrogens with one attached hydrogen (secondary N) is 2. The van der Waals surface area contributed by atoms with Crippen LogP contribution in [0, 0.1) is 0 Å². The lowest BCUT2D eigenvalue weighted by Crippen LogP contribution is -2.46. The molecule has 1 aliphatic rings. The van der Waals surface area contributed by atoms with Gasteiger partial charge in [0.15, 0.2) is 0 Å². The van der Waals surface area contributed by atoms with Crippen molar-refractivity contribution in [2.45, 2.75) is 64.1 Å². The first-order chi connectivity index (χ1) is 9.65. The van der Waals surface area contributed by atoms with E-state index >= 15 is 0 Å². The number of hydrogen-bond acceptors (Lipinski definition) is 2. The molecule has 2 rings (SSSR count). The van der Waals surface area contributed by atoms with Gasteiger partial charge >= 0.3 is 0 Å². The first kappa shape index (κ1) is 15.0. The molecule has 0 aromatic heterocycles. The normalized spacial score (nSPS) is 22.6. The van der Waals surface area contributed by atoms with Crippen LogP contribution >= 0.6 is 0 Å². The molecule has 1 aromatic carbocycles. The van der Waals surface area contributed by atoms with Crippen molar-refractivity contribution in [2.24, 2.45) is 0 Å². The van der Waals surface area contributed by atoms with Crippen molar-refractivity contribution < 1.29 is 4.79 Å². The predicted octanol–water partition coefficient (Wildman–Crippen LogP) is 2.83. The van der Waals surface area contributed by atoms with Gasteiger partial charge in [0.2, 0.25) is 5.91 Å². The molecule has 2 N–H and O–H groups in total. The second kappa shape index (κ2) is 6.89. The molecule has 0 spiro atoms. The second-order valence-corrected chi connectivity index (χ2v) is 5.77. The van der Waals surface area contributed by atoms with Gasteiger partial charge in [-0.05, 0) is 31.7 Å². The number of amides is 1. The predicted molar refractivity (Wildman–Crippen MR) is 82.7 cm³/mol. The van der Waals surface area contributed by atoms with Gasteiger partial charge in [0.1, 0.15) is 0 Å². The van der Waals surface area contributed by atoms with Crippen molar-refractivity contribution in [2.75, 3.05) is 0 Å². The number of rotatable bonds is 7. The van der Waals surface area contributed by atoms with Crippen LogP contribution in [0.1, 0.15) is 51.5 Å². The second-order valence-electron chi connectivity index (χ2n) is 5.77. The molecule has 3 heteroatoms. The minimum Gasteiger partial charge on any atom is -0.352 e. The van der Waals surface area contributed by atoms with Crippen molar-refractivity contribution >= 4 is 5.91 Å². The highest BCUT2D eigenvalue weighted by atomic mass is 16.2. The highest BCUT2D eigenvalue weighted by Gasteiger charge is 2.39. The van der Waals surface area contributed by atoms with E-state index in [-0.39, 0.29) is 11.9 Å². The standard InChI is InChI=1S/C17H26N2O/c1-4-14(5-2)19-17(20)12(3)18-16-11-15(16)13-9-7-6-8-10-13/h6-10,12,14-16,18H,4-5,11H2,1-3H3,(H,19,20). The van der Waals surface area contributed by atoms with Gasteiger partial charge in [0.25, 0.3) is 0 Å². The van der Waals surface area contributed by atoms with Crippen LogP contribution in [0.3, 0.4) is 0 Å². The fourth-order valence-corrected chi connectivity index (χ4v) is 2.66. The zero-order valence-electron chi connectivity index (χ0n) is 12.7. The van der Waals surface area contributed by atoms with E-state index in [9.17, 15) is 4.79 Å². The first-order valence-electron chi connectivity index (χ1n) is 7.77. The summed E-state index contributed by atoms with van der Waals surface area (Å²) in [6.45, 7) is 6.18. The van der Waals surface area contributed by atoms with Crippen LogP contribution in [0.5, 0.6) is 0 Å². The number of carbonyl (C=O) groups is 1. The van der Waals surface area contributed by atoms with Crippen LogP contribution in [-0.4, -0.2) is 24.0 Å². The van der Waals surface area contributed by atoms with Gasteiger partial charge in [0.05, 0.1) is 6.04 Å². The Morgan fingerprint density at radius 3 is 2.50 bits per heavy atom. The molecule has 3 atom stereocenters. The summed E-state index contributed by atoms with van der Waals surface area (Å²) in [7, 11) is 0. The number of hydrogen-bond donors (Lipinski definition) is 2. The summed E-state index contributed by atoms with van der Waals surface area (Å²) in [6.07, 6.45) is 3.11. The van der Waals surface area contributed by atoms with Crippen LogP contribution < -0.4 is 10.6 Å². The van der Waals surface area contributed by atoms with Gasteiger partial charge in [0, 0.05) is 18.0 Å². The fourth-order valence-electron chi connectivity index (χ4n) is 2.66. The molecule has 0 bridgehead atoms. The molecule has 110 valence electrons. The van der Waals surface area contributed by atoms with E-state index in [1.165, 1.54) is 5.56 Å². The lowest BCUT2D eigenvalue weighted by molar-refractivity contribution is -0.123.